The van der Waals surface area contributed by atoms with Crippen LogP contribution in [0, 0.1) is 34.5 Å². The number of carbonyl (C=O) groups excluding carboxylic acids is 1. The predicted octanol–water partition coefficient (Wildman–Crippen LogP) is 4.84. The van der Waals surface area contributed by atoms with Crippen molar-refractivity contribution < 1.29 is 14.3 Å². The summed E-state index contributed by atoms with van der Waals surface area (Å²) in [6.45, 7) is 2.32. The van der Waals surface area contributed by atoms with Gasteiger partial charge in [-0.15, -0.1) is 0 Å². The first-order valence-corrected chi connectivity index (χ1v) is 9.91. The van der Waals surface area contributed by atoms with Gasteiger partial charge in [0.2, 0.25) is 0 Å². The quantitative estimate of drug-likeness (QED) is 0.532. The Morgan fingerprint density at radius 2 is 1.84 bits per heavy atom. The summed E-state index contributed by atoms with van der Waals surface area (Å²) in [7, 11) is 0. The fraction of sp³-hybridized carbons (Fsp3) is 0.600. The van der Waals surface area contributed by atoms with Gasteiger partial charge in [-0.2, -0.15) is 5.26 Å². The van der Waals surface area contributed by atoms with Crippen molar-refractivity contribution in [2.75, 3.05) is 6.61 Å². The topological polar surface area (TPSA) is 59.3 Å². The summed E-state index contributed by atoms with van der Waals surface area (Å²) in [6, 6.07) is 5.41. The van der Waals surface area contributed by atoms with Gasteiger partial charge in [-0.1, -0.05) is 0 Å². The number of ether oxygens (including phenoxy) is 2. The zero-order valence-corrected chi connectivity index (χ0v) is 16.0. The summed E-state index contributed by atoms with van der Waals surface area (Å²) in [4.78, 5) is 13.2. The summed E-state index contributed by atoms with van der Waals surface area (Å²) < 4.78 is 12.1. The van der Waals surface area contributed by atoms with Crippen molar-refractivity contribution in [1.82, 2.24) is 0 Å². The van der Waals surface area contributed by atoms with Crippen LogP contribution in [-0.4, -0.2) is 12.6 Å². The number of hydrogen-bond donors (Lipinski definition) is 0. The average molecular weight is 404 g/mol. The van der Waals surface area contributed by atoms with Gasteiger partial charge >= 0.3 is 5.97 Å². The number of halogens is 1. The fourth-order valence-corrected chi connectivity index (χ4v) is 6.08. The van der Waals surface area contributed by atoms with E-state index >= 15 is 0 Å². The molecule has 0 atom stereocenters. The highest BCUT2D eigenvalue weighted by molar-refractivity contribution is 9.10. The number of carbonyl (C=O) groups is 1. The second-order valence-electron chi connectivity index (χ2n) is 7.92. The van der Waals surface area contributed by atoms with Crippen LogP contribution in [-0.2, 0) is 4.79 Å². The maximum absolute atomic E-state index is 13.2. The average Bonchev–Trinajstić information content (AvgIpc) is 2.56. The molecule has 25 heavy (non-hydrogen) atoms. The summed E-state index contributed by atoms with van der Waals surface area (Å²) in [6.07, 6.45) is 6.77. The molecule has 0 N–H and O–H groups in total. The molecule has 4 aliphatic rings. The van der Waals surface area contributed by atoms with Crippen LogP contribution in [0.25, 0.3) is 0 Å². The van der Waals surface area contributed by atoms with E-state index in [-0.39, 0.29) is 11.4 Å². The van der Waals surface area contributed by atoms with Gasteiger partial charge in [0.15, 0.2) is 11.5 Å². The first kappa shape index (κ1) is 16.9. The van der Waals surface area contributed by atoms with Crippen molar-refractivity contribution in [3.8, 4) is 17.6 Å². The second-order valence-corrected chi connectivity index (χ2v) is 8.77. The molecular weight excluding hydrogens is 382 g/mol. The maximum Gasteiger partial charge on any atom is 0.317 e. The number of hydrogen-bond acceptors (Lipinski definition) is 4. The van der Waals surface area contributed by atoms with Crippen molar-refractivity contribution in [3.63, 3.8) is 0 Å². The summed E-state index contributed by atoms with van der Waals surface area (Å²) in [5.41, 5.74) is 0.163. The van der Waals surface area contributed by atoms with Crippen molar-refractivity contribution in [2.24, 2.45) is 23.2 Å². The van der Waals surface area contributed by atoms with E-state index in [4.69, 9.17) is 14.7 Å². The molecule has 0 amide bonds. The third kappa shape index (κ3) is 2.95. The molecular formula is C20H22BrNO3. The number of esters is 1. The molecule has 0 radical (unpaired) electrons. The molecule has 4 saturated carbocycles. The fourth-order valence-electron chi connectivity index (χ4n) is 5.56. The highest BCUT2D eigenvalue weighted by Crippen LogP contribution is 2.60. The Bertz CT molecular complexity index is 717. The van der Waals surface area contributed by atoms with E-state index in [2.05, 4.69) is 22.0 Å². The van der Waals surface area contributed by atoms with Crippen LogP contribution in [0.3, 0.4) is 0 Å². The molecule has 4 nitrogen and oxygen atoms in total. The van der Waals surface area contributed by atoms with Gasteiger partial charge in [0.25, 0.3) is 0 Å². The van der Waals surface area contributed by atoms with Crippen LogP contribution in [0.5, 0.6) is 11.5 Å². The number of nitriles is 1. The van der Waals surface area contributed by atoms with Crippen molar-refractivity contribution in [3.05, 3.63) is 22.2 Å². The highest BCUT2D eigenvalue weighted by Gasteiger charge is 2.55. The van der Waals surface area contributed by atoms with Crippen LogP contribution >= 0.6 is 15.9 Å². The first-order valence-electron chi connectivity index (χ1n) is 9.11. The molecule has 0 unspecified atom stereocenters. The number of benzene rings is 1. The third-order valence-electron chi connectivity index (χ3n) is 6.10. The van der Waals surface area contributed by atoms with Crippen molar-refractivity contribution >= 4 is 21.9 Å². The Kier molecular flexibility index (Phi) is 4.27. The Labute approximate surface area is 156 Å². The van der Waals surface area contributed by atoms with Crippen LogP contribution in [0.4, 0.5) is 0 Å². The third-order valence-corrected chi connectivity index (χ3v) is 6.69. The lowest BCUT2D eigenvalue weighted by Gasteiger charge is -2.55. The lowest BCUT2D eigenvalue weighted by Crippen LogP contribution is -2.51. The zero-order chi connectivity index (χ0) is 17.6. The Balaban J connectivity index is 1.62. The van der Waals surface area contributed by atoms with E-state index < -0.39 is 0 Å². The molecule has 1 aromatic rings. The standard InChI is InChI=1S/C20H22BrNO3/c1-2-24-17-7-15(11-22)6-16(21)18(17)25-19(23)20-8-12-3-13(9-20)5-14(4-12)10-20/h6-7,12-14H,2-5,8-10H2,1H3. The second kappa shape index (κ2) is 6.32. The van der Waals surface area contributed by atoms with Crippen molar-refractivity contribution in [2.45, 2.75) is 45.4 Å². The molecule has 0 spiro atoms. The van der Waals surface area contributed by atoms with Gasteiger partial charge in [-0.3, -0.25) is 4.79 Å². The van der Waals surface area contributed by atoms with Crippen LogP contribution in [0.1, 0.15) is 51.0 Å². The van der Waals surface area contributed by atoms with E-state index in [1.807, 2.05) is 6.92 Å². The molecule has 0 saturated heterocycles. The molecule has 0 aliphatic heterocycles. The molecule has 4 aliphatic carbocycles. The smallest absolute Gasteiger partial charge is 0.317 e. The van der Waals surface area contributed by atoms with Crippen LogP contribution in [0.2, 0.25) is 0 Å². The van der Waals surface area contributed by atoms with E-state index in [9.17, 15) is 4.79 Å². The minimum atomic E-state index is -0.314. The number of nitrogens with zero attached hydrogens (tertiary/aromatic N) is 1. The maximum atomic E-state index is 13.2. The SMILES string of the molecule is CCOc1cc(C#N)cc(Br)c1OC(=O)C12CC3CC(CC(C3)C1)C2. The van der Waals surface area contributed by atoms with Crippen LogP contribution < -0.4 is 9.47 Å². The van der Waals surface area contributed by atoms with Crippen molar-refractivity contribution in [1.29, 1.82) is 5.26 Å². The Morgan fingerprint density at radius 3 is 2.36 bits per heavy atom. The molecule has 132 valence electrons. The molecule has 5 heteroatoms. The lowest BCUT2D eigenvalue weighted by atomic mass is 9.49. The van der Waals surface area contributed by atoms with E-state index in [1.165, 1.54) is 19.3 Å². The molecule has 4 bridgehead atoms. The first-order chi connectivity index (χ1) is 12.0. The molecule has 4 fully saturated rings. The minimum absolute atomic E-state index is 0.113. The van der Waals surface area contributed by atoms with Gasteiger partial charge in [-0.05, 0) is 85.2 Å². The monoisotopic (exact) mass is 403 g/mol. The van der Waals surface area contributed by atoms with Gasteiger partial charge in [0.05, 0.1) is 28.1 Å². The summed E-state index contributed by atoms with van der Waals surface area (Å²) in [5, 5.41) is 9.15. The lowest BCUT2D eigenvalue weighted by molar-refractivity contribution is -0.161. The van der Waals surface area contributed by atoms with Gasteiger partial charge < -0.3 is 9.47 Å². The number of rotatable bonds is 4. The van der Waals surface area contributed by atoms with Gasteiger partial charge in [0, 0.05) is 6.07 Å². The molecule has 5 rings (SSSR count). The van der Waals surface area contributed by atoms with E-state index in [0.717, 1.165) is 19.3 Å². The zero-order valence-electron chi connectivity index (χ0n) is 14.4. The van der Waals surface area contributed by atoms with E-state index in [1.54, 1.807) is 12.1 Å². The molecule has 0 heterocycles. The minimum Gasteiger partial charge on any atom is -0.490 e. The summed E-state index contributed by atoms with van der Waals surface area (Å²) in [5.74, 6) is 2.81. The normalized spacial score (nSPS) is 32.3. The largest absolute Gasteiger partial charge is 0.490 e. The van der Waals surface area contributed by atoms with E-state index in [0.29, 0.717) is 45.9 Å². The Hall–Kier alpha value is -1.54. The van der Waals surface area contributed by atoms with Gasteiger partial charge in [0.1, 0.15) is 0 Å². The molecule has 0 aromatic heterocycles. The highest BCUT2D eigenvalue weighted by atomic mass is 79.9. The predicted molar refractivity (Wildman–Crippen MR) is 96.3 cm³/mol. The Morgan fingerprint density at radius 1 is 1.24 bits per heavy atom. The summed E-state index contributed by atoms with van der Waals surface area (Å²) >= 11 is 3.44. The van der Waals surface area contributed by atoms with Gasteiger partial charge in [-0.25, -0.2) is 0 Å². The van der Waals surface area contributed by atoms with Crippen LogP contribution in [0.15, 0.2) is 16.6 Å². The molecule has 1 aromatic carbocycles.